The van der Waals surface area contributed by atoms with Crippen LogP contribution in [0.4, 0.5) is 0 Å². The van der Waals surface area contributed by atoms with Crippen molar-refractivity contribution >= 4 is 5.84 Å². The van der Waals surface area contributed by atoms with Gasteiger partial charge in [-0.05, 0) is 41.5 Å². The van der Waals surface area contributed by atoms with E-state index in [4.69, 9.17) is 11.6 Å². The average Bonchev–Trinajstić information content (AvgIpc) is 3.21. The first-order chi connectivity index (χ1) is 17.7. The van der Waals surface area contributed by atoms with Crippen LogP contribution >= 0.6 is 0 Å². The first-order valence-electron chi connectivity index (χ1n) is 12.7. The zero-order valence-electron chi connectivity index (χ0n) is 22.1. The Morgan fingerprint density at radius 1 is 1.03 bits per heavy atom. The summed E-state index contributed by atoms with van der Waals surface area (Å²) < 4.78 is 3.68. The molecule has 37 heavy (non-hydrogen) atoms. The molecule has 4 aromatic rings. The number of nitrogens with two attached hydrogens (primary N) is 2. The first-order valence-corrected chi connectivity index (χ1v) is 12.7. The third-order valence-corrected chi connectivity index (χ3v) is 6.60. The van der Waals surface area contributed by atoms with Gasteiger partial charge in [-0.15, -0.1) is 0 Å². The number of nitrogens with zero attached hydrogens (tertiary/aromatic N) is 4. The topological polar surface area (TPSA) is 104 Å². The van der Waals surface area contributed by atoms with Crippen LogP contribution in [0.3, 0.4) is 0 Å². The summed E-state index contributed by atoms with van der Waals surface area (Å²) in [7, 11) is 0. The molecule has 0 bridgehead atoms. The summed E-state index contributed by atoms with van der Waals surface area (Å²) in [6, 6.07) is 19.7. The molecule has 192 valence electrons. The van der Waals surface area contributed by atoms with Crippen molar-refractivity contribution in [1.82, 2.24) is 14.1 Å². The zero-order chi connectivity index (χ0) is 26.6. The molecule has 7 heteroatoms. The molecule has 4 N–H and O–H groups in total. The number of benzene rings is 2. The Morgan fingerprint density at radius 2 is 1.76 bits per heavy atom. The maximum absolute atomic E-state index is 13.7. The molecule has 0 saturated heterocycles. The van der Waals surface area contributed by atoms with E-state index in [1.165, 1.54) is 0 Å². The molecule has 0 aliphatic heterocycles. The van der Waals surface area contributed by atoms with Crippen LogP contribution in [0.1, 0.15) is 62.9 Å². The van der Waals surface area contributed by atoms with E-state index < -0.39 is 0 Å². The van der Waals surface area contributed by atoms with E-state index in [0.29, 0.717) is 6.54 Å². The SMILES string of the molecule is CCCCc1cn(-c2ccccc2C(C)(C)C)c(=O)n1Cc1ccc(-c2ccccc2/C(N)=N/N)nc1. The number of rotatable bonds is 8. The summed E-state index contributed by atoms with van der Waals surface area (Å²) in [5.41, 5.74) is 12.3. The number of imidazole rings is 1. The molecule has 0 fully saturated rings. The molecule has 4 rings (SSSR count). The van der Waals surface area contributed by atoms with Gasteiger partial charge >= 0.3 is 5.69 Å². The van der Waals surface area contributed by atoms with Crippen LogP contribution in [0.15, 0.2) is 83.0 Å². The summed E-state index contributed by atoms with van der Waals surface area (Å²) in [5, 5.41) is 3.64. The lowest BCUT2D eigenvalue weighted by atomic mass is 9.86. The number of aromatic nitrogens is 3. The number of hydrogen-bond acceptors (Lipinski definition) is 4. The molecule has 2 aromatic heterocycles. The van der Waals surface area contributed by atoms with Gasteiger partial charge in [-0.1, -0.05) is 82.6 Å². The van der Waals surface area contributed by atoms with Crippen molar-refractivity contribution in [3.05, 3.63) is 106 Å². The quantitative estimate of drug-likeness (QED) is 0.156. The van der Waals surface area contributed by atoms with Crippen LogP contribution < -0.4 is 17.3 Å². The number of para-hydroxylation sites is 1. The maximum Gasteiger partial charge on any atom is 0.333 e. The van der Waals surface area contributed by atoms with Gasteiger partial charge in [-0.3, -0.25) is 14.1 Å². The second-order valence-corrected chi connectivity index (χ2v) is 10.3. The van der Waals surface area contributed by atoms with E-state index >= 15 is 0 Å². The Balaban J connectivity index is 1.72. The Labute approximate surface area is 218 Å². The molecule has 0 saturated carbocycles. The molecule has 0 unspecified atom stereocenters. The van der Waals surface area contributed by atoms with Gasteiger partial charge in [-0.2, -0.15) is 5.10 Å². The van der Waals surface area contributed by atoms with Crippen LogP contribution in [0.25, 0.3) is 16.9 Å². The Morgan fingerprint density at radius 3 is 2.43 bits per heavy atom. The van der Waals surface area contributed by atoms with Crippen molar-refractivity contribution in [2.45, 2.75) is 58.9 Å². The highest BCUT2D eigenvalue weighted by Gasteiger charge is 2.21. The molecule has 0 amide bonds. The lowest BCUT2D eigenvalue weighted by Gasteiger charge is -2.22. The Bertz CT molecular complexity index is 1450. The second-order valence-electron chi connectivity index (χ2n) is 10.3. The number of aryl methyl sites for hydroxylation is 1. The molecule has 2 heterocycles. The monoisotopic (exact) mass is 496 g/mol. The van der Waals surface area contributed by atoms with E-state index in [9.17, 15) is 4.79 Å². The highest BCUT2D eigenvalue weighted by atomic mass is 16.1. The van der Waals surface area contributed by atoms with Gasteiger partial charge in [0.05, 0.1) is 17.9 Å². The molecule has 2 aromatic carbocycles. The van der Waals surface area contributed by atoms with Crippen molar-refractivity contribution in [1.29, 1.82) is 0 Å². The van der Waals surface area contributed by atoms with E-state index in [1.54, 1.807) is 4.57 Å². The molecular formula is C30H36N6O. The van der Waals surface area contributed by atoms with Crippen LogP contribution in [0, 0.1) is 0 Å². The fourth-order valence-electron chi connectivity index (χ4n) is 4.60. The third-order valence-electron chi connectivity index (χ3n) is 6.60. The van der Waals surface area contributed by atoms with Crippen molar-refractivity contribution in [2.24, 2.45) is 16.7 Å². The number of pyridine rings is 1. The highest BCUT2D eigenvalue weighted by Crippen LogP contribution is 2.28. The fourth-order valence-corrected chi connectivity index (χ4v) is 4.60. The van der Waals surface area contributed by atoms with Crippen molar-refractivity contribution < 1.29 is 0 Å². The van der Waals surface area contributed by atoms with Crippen molar-refractivity contribution in [3.8, 4) is 16.9 Å². The Hall–Kier alpha value is -4.13. The summed E-state index contributed by atoms with van der Waals surface area (Å²) in [5.74, 6) is 5.66. The standard InChI is InChI=1S/C30H36N6O/c1-5-6-11-22-20-36(27-15-10-9-14-25(27)30(2,3)4)29(37)35(22)19-21-16-17-26(33-18-21)23-12-7-8-13-24(23)28(31)34-32/h7-10,12-18,20H,5-6,11,19,32H2,1-4H3,(H2,31,34). The van der Waals surface area contributed by atoms with Gasteiger partial charge in [-0.25, -0.2) is 4.79 Å². The third kappa shape index (κ3) is 5.50. The summed E-state index contributed by atoms with van der Waals surface area (Å²) in [6.45, 7) is 9.12. The van der Waals surface area contributed by atoms with E-state index in [-0.39, 0.29) is 16.9 Å². The molecule has 0 aliphatic rings. The van der Waals surface area contributed by atoms with E-state index in [2.05, 4.69) is 43.8 Å². The normalized spacial score (nSPS) is 12.2. The predicted octanol–water partition coefficient (Wildman–Crippen LogP) is 4.97. The Kier molecular flexibility index (Phi) is 7.62. The second kappa shape index (κ2) is 10.9. The summed E-state index contributed by atoms with van der Waals surface area (Å²) >= 11 is 0. The number of hydrazone groups is 1. The predicted molar refractivity (Wildman–Crippen MR) is 151 cm³/mol. The van der Waals surface area contributed by atoms with Gasteiger partial charge in [0.25, 0.3) is 0 Å². The molecular weight excluding hydrogens is 460 g/mol. The van der Waals surface area contributed by atoms with Crippen molar-refractivity contribution in [3.63, 3.8) is 0 Å². The van der Waals surface area contributed by atoms with E-state index in [0.717, 1.165) is 58.6 Å². The van der Waals surface area contributed by atoms with E-state index in [1.807, 2.05) is 71.6 Å². The van der Waals surface area contributed by atoms with Gasteiger partial charge in [0.2, 0.25) is 0 Å². The van der Waals surface area contributed by atoms with Gasteiger partial charge < -0.3 is 11.6 Å². The molecule has 0 spiro atoms. The number of unbranched alkanes of at least 4 members (excludes halogenated alkanes) is 1. The minimum Gasteiger partial charge on any atom is -0.382 e. The fraction of sp³-hybridized carbons (Fsp3) is 0.300. The summed E-state index contributed by atoms with van der Waals surface area (Å²) in [4.78, 5) is 18.4. The minimum atomic E-state index is -0.0875. The van der Waals surface area contributed by atoms with Gasteiger partial charge in [0, 0.05) is 29.2 Å². The smallest absolute Gasteiger partial charge is 0.333 e. The van der Waals surface area contributed by atoms with Crippen molar-refractivity contribution in [2.75, 3.05) is 0 Å². The lowest BCUT2D eigenvalue weighted by Crippen LogP contribution is -2.26. The van der Waals surface area contributed by atoms with Crippen LogP contribution in [-0.2, 0) is 18.4 Å². The zero-order valence-corrected chi connectivity index (χ0v) is 22.1. The lowest BCUT2D eigenvalue weighted by molar-refractivity contribution is 0.584. The number of hydrogen-bond donors (Lipinski definition) is 2. The van der Waals surface area contributed by atoms with Crippen LogP contribution in [0.2, 0.25) is 0 Å². The van der Waals surface area contributed by atoms with Gasteiger partial charge in [0.1, 0.15) is 0 Å². The van der Waals surface area contributed by atoms with Gasteiger partial charge in [0.15, 0.2) is 5.84 Å². The highest BCUT2D eigenvalue weighted by molar-refractivity contribution is 6.02. The average molecular weight is 497 g/mol. The first kappa shape index (κ1) is 25.9. The maximum atomic E-state index is 13.7. The molecule has 0 atom stereocenters. The molecule has 0 radical (unpaired) electrons. The number of amidine groups is 1. The summed E-state index contributed by atoms with van der Waals surface area (Å²) in [6.07, 6.45) is 6.74. The molecule has 0 aliphatic carbocycles. The minimum absolute atomic E-state index is 0.0378. The largest absolute Gasteiger partial charge is 0.382 e. The van der Waals surface area contributed by atoms with Crippen LogP contribution in [-0.4, -0.2) is 20.0 Å². The molecule has 7 nitrogen and oxygen atoms in total. The van der Waals surface area contributed by atoms with Crippen LogP contribution in [0.5, 0.6) is 0 Å².